The lowest BCUT2D eigenvalue weighted by Crippen LogP contribution is -2.46. The van der Waals surface area contributed by atoms with Crippen LogP contribution < -0.4 is 9.64 Å². The first-order chi connectivity index (χ1) is 8.25. The van der Waals surface area contributed by atoms with Crippen molar-refractivity contribution in [1.82, 2.24) is 0 Å². The van der Waals surface area contributed by atoms with Gasteiger partial charge in [0.15, 0.2) is 0 Å². The van der Waals surface area contributed by atoms with Crippen molar-refractivity contribution in [2.75, 3.05) is 18.1 Å². The molecule has 0 bridgehead atoms. The van der Waals surface area contributed by atoms with Crippen molar-refractivity contribution in [3.05, 3.63) is 28.3 Å². The van der Waals surface area contributed by atoms with Crippen LogP contribution in [-0.4, -0.2) is 24.1 Å². The number of piperidine rings is 1. The zero-order valence-corrected chi connectivity index (χ0v) is 9.46. The number of fused-ring (bicyclic) bond motifs is 3. The maximum Gasteiger partial charge on any atom is 0.271 e. The number of non-ortho nitro benzene ring substituents is 1. The fraction of sp³-hybridized carbons (Fsp3) is 0.500. The van der Waals surface area contributed by atoms with E-state index in [-0.39, 0.29) is 10.6 Å². The predicted molar refractivity (Wildman–Crippen MR) is 63.6 cm³/mol. The van der Waals surface area contributed by atoms with Gasteiger partial charge in [-0.05, 0) is 25.3 Å². The second kappa shape index (κ2) is 3.91. The van der Waals surface area contributed by atoms with E-state index in [2.05, 4.69) is 4.90 Å². The first-order valence-corrected chi connectivity index (χ1v) is 5.93. The number of ether oxygens (including phenoxy) is 1. The van der Waals surface area contributed by atoms with Crippen LogP contribution in [0.3, 0.4) is 0 Å². The SMILES string of the molecule is O=[N+]([O-])c1ccc2c(c1)N1CCCCC1CO2. The fourth-order valence-corrected chi connectivity index (χ4v) is 2.64. The molecule has 2 aliphatic heterocycles. The van der Waals surface area contributed by atoms with Gasteiger partial charge in [0.2, 0.25) is 0 Å². The topological polar surface area (TPSA) is 55.6 Å². The maximum atomic E-state index is 10.8. The molecule has 0 spiro atoms. The molecule has 1 saturated heterocycles. The molecule has 5 nitrogen and oxygen atoms in total. The average Bonchev–Trinajstić information content (AvgIpc) is 2.38. The van der Waals surface area contributed by atoms with Gasteiger partial charge >= 0.3 is 0 Å². The molecule has 0 radical (unpaired) electrons. The lowest BCUT2D eigenvalue weighted by atomic mass is 10.00. The summed E-state index contributed by atoms with van der Waals surface area (Å²) in [5.74, 6) is 0.772. The molecule has 90 valence electrons. The molecule has 2 aliphatic rings. The summed E-state index contributed by atoms with van der Waals surface area (Å²) in [6.45, 7) is 1.67. The van der Waals surface area contributed by atoms with Gasteiger partial charge in [-0.2, -0.15) is 0 Å². The first-order valence-electron chi connectivity index (χ1n) is 5.93. The summed E-state index contributed by atoms with van der Waals surface area (Å²) in [6, 6.07) is 5.23. The van der Waals surface area contributed by atoms with Gasteiger partial charge in [-0.1, -0.05) is 0 Å². The molecule has 1 aromatic rings. The third kappa shape index (κ3) is 1.71. The highest BCUT2D eigenvalue weighted by atomic mass is 16.6. The second-order valence-corrected chi connectivity index (χ2v) is 4.56. The van der Waals surface area contributed by atoms with Gasteiger partial charge in [-0.25, -0.2) is 0 Å². The van der Waals surface area contributed by atoms with Gasteiger partial charge in [0.05, 0.1) is 16.7 Å². The van der Waals surface area contributed by atoms with Crippen LogP contribution in [0, 0.1) is 10.1 Å². The van der Waals surface area contributed by atoms with Crippen molar-refractivity contribution in [1.29, 1.82) is 0 Å². The van der Waals surface area contributed by atoms with Crippen LogP contribution in [0.4, 0.5) is 11.4 Å². The molecule has 2 heterocycles. The molecule has 1 aromatic carbocycles. The molecule has 1 unspecified atom stereocenters. The molecule has 0 amide bonds. The third-order valence-corrected chi connectivity index (χ3v) is 3.52. The Labute approximate surface area is 99.1 Å². The van der Waals surface area contributed by atoms with Crippen LogP contribution in [-0.2, 0) is 0 Å². The van der Waals surface area contributed by atoms with Crippen molar-refractivity contribution < 1.29 is 9.66 Å². The maximum absolute atomic E-state index is 10.8. The highest BCUT2D eigenvalue weighted by molar-refractivity contribution is 5.65. The van der Waals surface area contributed by atoms with Crippen molar-refractivity contribution in [2.45, 2.75) is 25.3 Å². The van der Waals surface area contributed by atoms with E-state index in [1.165, 1.54) is 12.5 Å². The molecule has 0 saturated carbocycles. The number of benzene rings is 1. The predicted octanol–water partition coefficient (Wildman–Crippen LogP) is 2.35. The molecule has 1 atom stereocenters. The number of rotatable bonds is 1. The summed E-state index contributed by atoms with van der Waals surface area (Å²) in [5.41, 5.74) is 1.02. The summed E-state index contributed by atoms with van der Waals surface area (Å²) in [6.07, 6.45) is 3.48. The Morgan fingerprint density at radius 3 is 3.12 bits per heavy atom. The van der Waals surface area contributed by atoms with E-state index in [0.717, 1.165) is 30.8 Å². The Bertz CT molecular complexity index is 461. The Morgan fingerprint density at radius 2 is 2.29 bits per heavy atom. The Balaban J connectivity index is 2.01. The van der Waals surface area contributed by atoms with E-state index in [9.17, 15) is 10.1 Å². The van der Waals surface area contributed by atoms with Gasteiger partial charge in [-0.3, -0.25) is 10.1 Å². The smallest absolute Gasteiger partial charge is 0.271 e. The largest absolute Gasteiger partial charge is 0.489 e. The van der Waals surface area contributed by atoms with Crippen LogP contribution in [0.5, 0.6) is 5.75 Å². The lowest BCUT2D eigenvalue weighted by molar-refractivity contribution is -0.384. The minimum Gasteiger partial charge on any atom is -0.489 e. The van der Waals surface area contributed by atoms with Crippen molar-refractivity contribution in [3.8, 4) is 5.75 Å². The Morgan fingerprint density at radius 1 is 1.41 bits per heavy atom. The van der Waals surface area contributed by atoms with Gasteiger partial charge in [-0.15, -0.1) is 0 Å². The molecule has 0 N–H and O–H groups in total. The standard InChI is InChI=1S/C12H14N2O3/c15-14(16)9-4-5-12-11(7-9)13-6-2-1-3-10(13)8-17-12/h4-5,7,10H,1-3,6,8H2. The normalized spacial score (nSPS) is 22.4. The van der Waals surface area contributed by atoms with Crippen LogP contribution in [0.15, 0.2) is 18.2 Å². The lowest BCUT2D eigenvalue weighted by Gasteiger charge is -2.41. The molecule has 0 aromatic heterocycles. The fourth-order valence-electron chi connectivity index (χ4n) is 2.64. The minimum atomic E-state index is -0.353. The van der Waals surface area contributed by atoms with Crippen LogP contribution in [0.2, 0.25) is 0 Å². The van der Waals surface area contributed by atoms with E-state index in [1.807, 2.05) is 0 Å². The number of hydrogen-bond donors (Lipinski definition) is 0. The minimum absolute atomic E-state index is 0.138. The number of nitro groups is 1. The quantitative estimate of drug-likeness (QED) is 0.553. The highest BCUT2D eigenvalue weighted by Crippen LogP contribution is 2.39. The molecule has 1 fully saturated rings. The van der Waals surface area contributed by atoms with Gasteiger partial charge in [0, 0.05) is 18.7 Å². The summed E-state index contributed by atoms with van der Waals surface area (Å²) < 4.78 is 5.66. The number of nitro benzene ring substituents is 1. The molecule has 0 aliphatic carbocycles. The zero-order chi connectivity index (χ0) is 11.8. The van der Waals surface area contributed by atoms with Gasteiger partial charge in [0.1, 0.15) is 12.4 Å². The van der Waals surface area contributed by atoms with Gasteiger partial charge < -0.3 is 9.64 Å². The second-order valence-electron chi connectivity index (χ2n) is 4.56. The summed E-state index contributed by atoms with van der Waals surface area (Å²) in [7, 11) is 0. The molecule has 17 heavy (non-hydrogen) atoms. The van der Waals surface area contributed by atoms with E-state index in [1.54, 1.807) is 12.1 Å². The van der Waals surface area contributed by atoms with E-state index < -0.39 is 0 Å². The Hall–Kier alpha value is -1.78. The molecular weight excluding hydrogens is 220 g/mol. The average molecular weight is 234 g/mol. The van der Waals surface area contributed by atoms with E-state index >= 15 is 0 Å². The number of hydrogen-bond acceptors (Lipinski definition) is 4. The summed E-state index contributed by atoms with van der Waals surface area (Å²) >= 11 is 0. The van der Waals surface area contributed by atoms with Crippen molar-refractivity contribution in [2.24, 2.45) is 0 Å². The van der Waals surface area contributed by atoms with Crippen LogP contribution in [0.1, 0.15) is 19.3 Å². The number of anilines is 1. The van der Waals surface area contributed by atoms with Crippen LogP contribution in [0.25, 0.3) is 0 Å². The summed E-state index contributed by atoms with van der Waals surface area (Å²) in [5, 5.41) is 10.8. The number of nitrogens with zero attached hydrogens (tertiary/aromatic N) is 2. The third-order valence-electron chi connectivity index (χ3n) is 3.52. The van der Waals surface area contributed by atoms with Crippen molar-refractivity contribution in [3.63, 3.8) is 0 Å². The van der Waals surface area contributed by atoms with Crippen molar-refractivity contribution >= 4 is 11.4 Å². The van der Waals surface area contributed by atoms with E-state index in [4.69, 9.17) is 4.74 Å². The van der Waals surface area contributed by atoms with Crippen LogP contribution >= 0.6 is 0 Å². The van der Waals surface area contributed by atoms with Gasteiger partial charge in [0.25, 0.3) is 5.69 Å². The Kier molecular flexibility index (Phi) is 2.39. The zero-order valence-electron chi connectivity index (χ0n) is 9.46. The first kappa shape index (κ1) is 10.4. The molecule has 3 rings (SSSR count). The van der Waals surface area contributed by atoms with E-state index in [0.29, 0.717) is 12.6 Å². The highest BCUT2D eigenvalue weighted by Gasteiger charge is 2.30. The monoisotopic (exact) mass is 234 g/mol. The molecule has 5 heteroatoms. The summed E-state index contributed by atoms with van der Waals surface area (Å²) in [4.78, 5) is 12.7. The molecular formula is C12H14N2O3.